The normalized spacial score (nSPS) is 12.1. The number of pyridine rings is 1. The first-order chi connectivity index (χ1) is 16.5. The topological polar surface area (TPSA) is 76.9 Å². The van der Waals surface area contributed by atoms with Gasteiger partial charge in [-0.25, -0.2) is 14.5 Å². The van der Waals surface area contributed by atoms with Crippen LogP contribution in [0.2, 0.25) is 0 Å². The molecule has 1 atom stereocenters. The van der Waals surface area contributed by atoms with E-state index in [0.29, 0.717) is 21.9 Å². The van der Waals surface area contributed by atoms with E-state index in [1.807, 2.05) is 67.6 Å². The molecule has 7 heteroatoms. The standard InChI is InChI=1S/C27H22N4O2S/c1-17-14-15-24(28-16-17)31-26(33)21-11-5-6-12-23(21)30-27(31)34-18(2)25(32)29-22-13-7-9-19-8-3-4-10-20(19)22/h3-16,18H,1-2H3,(H,29,32)/t18-/m0/s1. The number of carbonyl (C=O) groups is 1. The molecule has 0 saturated heterocycles. The fourth-order valence-corrected chi connectivity index (χ4v) is 4.68. The zero-order valence-corrected chi connectivity index (χ0v) is 19.5. The molecular weight excluding hydrogens is 444 g/mol. The molecule has 168 valence electrons. The first-order valence-electron chi connectivity index (χ1n) is 10.9. The lowest BCUT2D eigenvalue weighted by Crippen LogP contribution is -2.26. The van der Waals surface area contributed by atoms with Crippen LogP contribution in [0.3, 0.4) is 0 Å². The molecule has 0 bridgehead atoms. The lowest BCUT2D eigenvalue weighted by Gasteiger charge is -2.16. The number of hydrogen-bond acceptors (Lipinski definition) is 5. The van der Waals surface area contributed by atoms with Gasteiger partial charge < -0.3 is 5.32 Å². The van der Waals surface area contributed by atoms with Crippen molar-refractivity contribution in [2.45, 2.75) is 24.3 Å². The monoisotopic (exact) mass is 466 g/mol. The number of carbonyl (C=O) groups excluding carboxylic acids is 1. The molecule has 1 N–H and O–H groups in total. The van der Waals surface area contributed by atoms with Gasteiger partial charge in [0.2, 0.25) is 5.91 Å². The smallest absolute Gasteiger partial charge is 0.267 e. The van der Waals surface area contributed by atoms with Crippen LogP contribution in [0.25, 0.3) is 27.5 Å². The molecule has 0 spiro atoms. The lowest BCUT2D eigenvalue weighted by atomic mass is 10.1. The Morgan fingerprint density at radius 2 is 1.68 bits per heavy atom. The summed E-state index contributed by atoms with van der Waals surface area (Å²) in [4.78, 5) is 35.7. The van der Waals surface area contributed by atoms with Gasteiger partial charge in [0, 0.05) is 17.3 Å². The molecule has 0 aliphatic carbocycles. The van der Waals surface area contributed by atoms with Gasteiger partial charge in [0.15, 0.2) is 5.16 Å². The molecule has 0 saturated carbocycles. The summed E-state index contributed by atoms with van der Waals surface area (Å²) in [5, 5.41) is 5.47. The number of anilines is 1. The summed E-state index contributed by atoms with van der Waals surface area (Å²) in [6.07, 6.45) is 1.71. The van der Waals surface area contributed by atoms with Crippen molar-refractivity contribution in [3.8, 4) is 5.82 Å². The number of hydrogen-bond donors (Lipinski definition) is 1. The number of benzene rings is 3. The van der Waals surface area contributed by atoms with Gasteiger partial charge in [-0.1, -0.05) is 66.4 Å². The predicted octanol–water partition coefficient (Wildman–Crippen LogP) is 5.36. The fourth-order valence-electron chi connectivity index (χ4n) is 3.77. The Bertz CT molecular complexity index is 1570. The van der Waals surface area contributed by atoms with Crippen LogP contribution in [0.1, 0.15) is 12.5 Å². The summed E-state index contributed by atoms with van der Waals surface area (Å²) >= 11 is 1.23. The van der Waals surface area contributed by atoms with Gasteiger partial charge in [-0.15, -0.1) is 0 Å². The molecule has 2 heterocycles. The Morgan fingerprint density at radius 3 is 2.47 bits per heavy atom. The Kier molecular flexibility index (Phi) is 5.86. The van der Waals surface area contributed by atoms with E-state index in [9.17, 15) is 9.59 Å². The second-order valence-corrected chi connectivity index (χ2v) is 9.33. The summed E-state index contributed by atoms with van der Waals surface area (Å²) in [5.74, 6) is 0.296. The summed E-state index contributed by atoms with van der Waals surface area (Å²) in [6, 6.07) is 24.6. The second kappa shape index (κ2) is 9.11. The van der Waals surface area contributed by atoms with Gasteiger partial charge in [-0.2, -0.15) is 0 Å². The molecule has 0 radical (unpaired) electrons. The predicted molar refractivity (Wildman–Crippen MR) is 138 cm³/mol. The molecule has 1 amide bonds. The minimum Gasteiger partial charge on any atom is -0.325 e. The summed E-state index contributed by atoms with van der Waals surface area (Å²) in [5.41, 5.74) is 2.10. The highest BCUT2D eigenvalue weighted by Crippen LogP contribution is 2.27. The highest BCUT2D eigenvalue weighted by molar-refractivity contribution is 8.00. The van der Waals surface area contributed by atoms with Gasteiger partial charge in [0.25, 0.3) is 5.56 Å². The van der Waals surface area contributed by atoms with Crippen LogP contribution in [-0.4, -0.2) is 25.7 Å². The van der Waals surface area contributed by atoms with Crippen LogP contribution in [0.5, 0.6) is 0 Å². The first kappa shape index (κ1) is 21.9. The molecular formula is C27H22N4O2S. The molecule has 34 heavy (non-hydrogen) atoms. The number of amides is 1. The van der Waals surface area contributed by atoms with Crippen LogP contribution in [0, 0.1) is 6.92 Å². The largest absolute Gasteiger partial charge is 0.325 e. The fraction of sp³-hybridized carbons (Fsp3) is 0.111. The van der Waals surface area contributed by atoms with Crippen molar-refractivity contribution in [1.29, 1.82) is 0 Å². The van der Waals surface area contributed by atoms with E-state index < -0.39 is 5.25 Å². The minimum absolute atomic E-state index is 0.174. The first-order valence-corrected chi connectivity index (χ1v) is 11.8. The molecule has 0 aliphatic heterocycles. The van der Waals surface area contributed by atoms with Crippen molar-refractivity contribution in [2.24, 2.45) is 0 Å². The van der Waals surface area contributed by atoms with Crippen LogP contribution >= 0.6 is 11.8 Å². The van der Waals surface area contributed by atoms with Gasteiger partial charge in [-0.3, -0.25) is 9.59 Å². The average Bonchev–Trinajstić information content (AvgIpc) is 2.85. The van der Waals surface area contributed by atoms with Crippen LogP contribution in [-0.2, 0) is 4.79 Å². The third-order valence-electron chi connectivity index (χ3n) is 5.57. The van der Waals surface area contributed by atoms with E-state index in [4.69, 9.17) is 4.98 Å². The molecule has 5 aromatic rings. The van der Waals surface area contributed by atoms with Crippen molar-refractivity contribution in [2.75, 3.05) is 5.32 Å². The van der Waals surface area contributed by atoms with E-state index in [1.54, 1.807) is 31.3 Å². The zero-order chi connectivity index (χ0) is 23.7. The van der Waals surface area contributed by atoms with Gasteiger partial charge in [-0.05, 0) is 49.1 Å². The Hall–Kier alpha value is -3.97. The molecule has 0 fully saturated rings. The highest BCUT2D eigenvalue weighted by Gasteiger charge is 2.21. The Morgan fingerprint density at radius 1 is 0.941 bits per heavy atom. The van der Waals surface area contributed by atoms with Gasteiger partial charge in [0.05, 0.1) is 16.2 Å². The summed E-state index contributed by atoms with van der Waals surface area (Å²) in [6.45, 7) is 3.74. The Balaban J connectivity index is 1.51. The van der Waals surface area contributed by atoms with E-state index in [1.165, 1.54) is 16.3 Å². The van der Waals surface area contributed by atoms with Crippen molar-refractivity contribution in [3.63, 3.8) is 0 Å². The maximum Gasteiger partial charge on any atom is 0.267 e. The number of para-hydroxylation sites is 1. The third kappa shape index (κ3) is 4.18. The molecule has 6 nitrogen and oxygen atoms in total. The summed E-state index contributed by atoms with van der Waals surface area (Å²) < 4.78 is 1.48. The van der Waals surface area contributed by atoms with Crippen LogP contribution in [0.15, 0.2) is 95.0 Å². The van der Waals surface area contributed by atoms with E-state index in [-0.39, 0.29) is 11.5 Å². The van der Waals surface area contributed by atoms with E-state index in [2.05, 4.69) is 10.3 Å². The number of fused-ring (bicyclic) bond motifs is 2. The number of thioether (sulfide) groups is 1. The van der Waals surface area contributed by atoms with Crippen LogP contribution in [0.4, 0.5) is 5.69 Å². The number of aromatic nitrogens is 3. The maximum atomic E-state index is 13.4. The van der Waals surface area contributed by atoms with Crippen molar-refractivity contribution in [1.82, 2.24) is 14.5 Å². The average molecular weight is 467 g/mol. The molecule has 5 rings (SSSR count). The highest BCUT2D eigenvalue weighted by atomic mass is 32.2. The SMILES string of the molecule is Cc1ccc(-n2c(S[C@@H](C)C(=O)Nc3cccc4ccccc34)nc3ccccc3c2=O)nc1. The minimum atomic E-state index is -0.510. The zero-order valence-electron chi connectivity index (χ0n) is 18.7. The van der Waals surface area contributed by atoms with Crippen molar-refractivity contribution >= 4 is 45.0 Å². The number of rotatable bonds is 5. The third-order valence-corrected chi connectivity index (χ3v) is 6.62. The Labute approximate surface area is 200 Å². The molecule has 2 aromatic heterocycles. The van der Waals surface area contributed by atoms with E-state index >= 15 is 0 Å². The molecule has 0 unspecified atom stereocenters. The quantitative estimate of drug-likeness (QED) is 0.279. The van der Waals surface area contributed by atoms with Gasteiger partial charge in [0.1, 0.15) is 5.82 Å². The molecule has 0 aliphatic rings. The number of aryl methyl sites for hydroxylation is 1. The van der Waals surface area contributed by atoms with Crippen molar-refractivity contribution in [3.05, 3.63) is 101 Å². The maximum absolute atomic E-state index is 13.4. The molecule has 3 aromatic carbocycles. The van der Waals surface area contributed by atoms with Gasteiger partial charge >= 0.3 is 0 Å². The van der Waals surface area contributed by atoms with E-state index in [0.717, 1.165) is 22.0 Å². The summed E-state index contributed by atoms with van der Waals surface area (Å²) in [7, 11) is 0. The lowest BCUT2D eigenvalue weighted by molar-refractivity contribution is -0.115. The van der Waals surface area contributed by atoms with Crippen LogP contribution < -0.4 is 10.9 Å². The van der Waals surface area contributed by atoms with Crippen molar-refractivity contribution < 1.29 is 4.79 Å². The second-order valence-electron chi connectivity index (χ2n) is 8.02. The number of nitrogens with zero attached hydrogens (tertiary/aromatic N) is 3. The number of nitrogens with one attached hydrogen (secondary N) is 1.